The van der Waals surface area contributed by atoms with Crippen molar-refractivity contribution in [3.63, 3.8) is 0 Å². The first kappa shape index (κ1) is 16.3. The van der Waals surface area contributed by atoms with Gasteiger partial charge in [0.15, 0.2) is 0 Å². The molecule has 120 valence electrons. The predicted molar refractivity (Wildman–Crippen MR) is 78.9 cm³/mol. The lowest BCUT2D eigenvalue weighted by Gasteiger charge is -2.38. The van der Waals surface area contributed by atoms with Crippen LogP contribution in [-0.4, -0.2) is 47.7 Å². The third kappa shape index (κ3) is 3.96. The van der Waals surface area contributed by atoms with Crippen molar-refractivity contribution in [2.24, 2.45) is 11.3 Å². The molecule has 0 aromatic heterocycles. The van der Waals surface area contributed by atoms with Gasteiger partial charge in [-0.3, -0.25) is 9.59 Å². The zero-order valence-electron chi connectivity index (χ0n) is 13.1. The van der Waals surface area contributed by atoms with Gasteiger partial charge in [-0.05, 0) is 31.6 Å². The van der Waals surface area contributed by atoms with E-state index in [0.717, 1.165) is 25.9 Å². The van der Waals surface area contributed by atoms with Gasteiger partial charge >= 0.3 is 5.97 Å². The molecule has 21 heavy (non-hydrogen) atoms. The summed E-state index contributed by atoms with van der Waals surface area (Å²) in [5.74, 6) is -0.212. The molecule has 1 saturated heterocycles. The highest BCUT2D eigenvalue weighted by Gasteiger charge is 2.47. The van der Waals surface area contributed by atoms with Gasteiger partial charge < -0.3 is 14.7 Å². The zero-order chi connectivity index (χ0) is 15.5. The van der Waals surface area contributed by atoms with Crippen LogP contribution in [0.4, 0.5) is 0 Å². The Bertz CT molecular complexity index is 390. The van der Waals surface area contributed by atoms with Gasteiger partial charge in [-0.2, -0.15) is 0 Å². The highest BCUT2D eigenvalue weighted by Crippen LogP contribution is 2.44. The summed E-state index contributed by atoms with van der Waals surface area (Å²) in [5.41, 5.74) is -0.784. The molecule has 0 bridgehead atoms. The fourth-order valence-electron chi connectivity index (χ4n) is 3.03. The fraction of sp³-hybridized carbons (Fsp3) is 0.875. The molecule has 2 rings (SSSR count). The van der Waals surface area contributed by atoms with Crippen LogP contribution in [0.5, 0.6) is 0 Å². The number of hydrogen-bond donors (Lipinski definition) is 1. The van der Waals surface area contributed by atoms with E-state index in [4.69, 9.17) is 4.74 Å². The lowest BCUT2D eigenvalue weighted by molar-refractivity contribution is -0.159. The summed E-state index contributed by atoms with van der Waals surface area (Å²) in [4.78, 5) is 25.4. The Hall–Kier alpha value is -1.10. The number of aliphatic carboxylic acids is 1. The van der Waals surface area contributed by atoms with Gasteiger partial charge in [-0.1, -0.05) is 20.3 Å². The van der Waals surface area contributed by atoms with Gasteiger partial charge in [-0.15, -0.1) is 0 Å². The quantitative estimate of drug-likeness (QED) is 0.783. The number of ether oxygens (including phenoxy) is 1. The van der Waals surface area contributed by atoms with Crippen LogP contribution in [-0.2, 0) is 14.3 Å². The summed E-state index contributed by atoms with van der Waals surface area (Å²) in [5, 5.41) is 9.30. The minimum absolute atomic E-state index is 0.0212. The standard InChI is InChI=1S/C16H27NO4/c1-12(2)5-9-21-13-4-8-17(11-13)14(18)10-16(15(19)20)6-3-7-16/h12-13H,3-11H2,1-2H3,(H,19,20). The van der Waals surface area contributed by atoms with Crippen molar-refractivity contribution >= 4 is 11.9 Å². The van der Waals surface area contributed by atoms with Crippen molar-refractivity contribution < 1.29 is 19.4 Å². The number of hydrogen-bond acceptors (Lipinski definition) is 3. The number of carbonyl (C=O) groups is 2. The van der Waals surface area contributed by atoms with Gasteiger partial charge in [0.25, 0.3) is 0 Å². The minimum atomic E-state index is -0.814. The molecule has 5 heteroatoms. The Labute approximate surface area is 126 Å². The van der Waals surface area contributed by atoms with Crippen LogP contribution in [0.3, 0.4) is 0 Å². The number of nitrogens with zero attached hydrogens (tertiary/aromatic N) is 1. The molecule has 1 atom stereocenters. The Balaban J connectivity index is 1.76. The summed E-state index contributed by atoms with van der Waals surface area (Å²) in [6.07, 6.45) is 4.36. The minimum Gasteiger partial charge on any atom is -0.481 e. The molecule has 1 saturated carbocycles. The molecule has 1 heterocycles. The maximum absolute atomic E-state index is 12.3. The fourth-order valence-corrected chi connectivity index (χ4v) is 3.03. The summed E-state index contributed by atoms with van der Waals surface area (Å²) < 4.78 is 5.80. The third-order valence-corrected chi connectivity index (χ3v) is 4.80. The van der Waals surface area contributed by atoms with E-state index in [1.54, 1.807) is 4.90 Å². The Morgan fingerprint density at radius 3 is 2.62 bits per heavy atom. The summed E-state index contributed by atoms with van der Waals surface area (Å²) in [7, 11) is 0. The molecule has 2 fully saturated rings. The maximum atomic E-state index is 12.3. The SMILES string of the molecule is CC(C)CCOC1CCN(C(=O)CC2(C(=O)O)CCC2)C1. The number of amides is 1. The van der Waals surface area contributed by atoms with Crippen LogP contribution in [0.1, 0.15) is 52.4 Å². The lowest BCUT2D eigenvalue weighted by Crippen LogP contribution is -2.43. The Morgan fingerprint density at radius 1 is 1.38 bits per heavy atom. The first-order valence-corrected chi connectivity index (χ1v) is 8.06. The van der Waals surface area contributed by atoms with Crippen molar-refractivity contribution in [1.29, 1.82) is 0 Å². The average molecular weight is 297 g/mol. The van der Waals surface area contributed by atoms with E-state index in [1.165, 1.54) is 0 Å². The molecule has 1 amide bonds. The molecule has 0 aromatic carbocycles. The first-order valence-electron chi connectivity index (χ1n) is 8.06. The largest absolute Gasteiger partial charge is 0.481 e. The molecule has 0 radical (unpaired) electrons. The summed E-state index contributed by atoms with van der Waals surface area (Å²) >= 11 is 0. The van der Waals surface area contributed by atoms with Crippen molar-refractivity contribution in [2.45, 2.75) is 58.5 Å². The predicted octanol–water partition coefficient (Wildman–Crippen LogP) is 2.30. The highest BCUT2D eigenvalue weighted by molar-refractivity contribution is 5.85. The van der Waals surface area contributed by atoms with E-state index in [-0.39, 0.29) is 18.4 Å². The van der Waals surface area contributed by atoms with Gasteiger partial charge in [0.2, 0.25) is 5.91 Å². The third-order valence-electron chi connectivity index (χ3n) is 4.80. The molecular formula is C16H27NO4. The molecule has 0 spiro atoms. The lowest BCUT2D eigenvalue weighted by atomic mass is 9.66. The van der Waals surface area contributed by atoms with Crippen LogP contribution in [0.15, 0.2) is 0 Å². The number of carbonyl (C=O) groups excluding carboxylic acids is 1. The molecule has 1 aliphatic carbocycles. The molecule has 1 N–H and O–H groups in total. The zero-order valence-corrected chi connectivity index (χ0v) is 13.1. The molecular weight excluding hydrogens is 270 g/mol. The number of rotatable bonds is 7. The molecule has 1 unspecified atom stereocenters. The van der Waals surface area contributed by atoms with Gasteiger partial charge in [0.1, 0.15) is 0 Å². The smallest absolute Gasteiger partial charge is 0.310 e. The van der Waals surface area contributed by atoms with E-state index >= 15 is 0 Å². The second-order valence-corrected chi connectivity index (χ2v) is 6.92. The first-order chi connectivity index (χ1) is 9.93. The van der Waals surface area contributed by atoms with Crippen molar-refractivity contribution in [1.82, 2.24) is 4.90 Å². The van der Waals surface area contributed by atoms with Crippen LogP contribution in [0.25, 0.3) is 0 Å². The normalized spacial score (nSPS) is 24.1. The topological polar surface area (TPSA) is 66.8 Å². The van der Waals surface area contributed by atoms with Crippen molar-refractivity contribution in [3.8, 4) is 0 Å². The Kier molecular flexibility index (Phi) is 5.25. The highest BCUT2D eigenvalue weighted by atomic mass is 16.5. The molecule has 2 aliphatic rings. The van der Waals surface area contributed by atoms with E-state index in [0.29, 0.717) is 31.8 Å². The van der Waals surface area contributed by atoms with Crippen LogP contribution in [0, 0.1) is 11.3 Å². The van der Waals surface area contributed by atoms with Gasteiger partial charge in [0, 0.05) is 26.1 Å². The number of carboxylic acid groups (broad SMARTS) is 1. The second-order valence-electron chi connectivity index (χ2n) is 6.92. The van der Waals surface area contributed by atoms with Gasteiger partial charge in [0.05, 0.1) is 11.5 Å². The summed E-state index contributed by atoms with van der Waals surface area (Å²) in [6.45, 7) is 6.38. The molecule has 1 aliphatic heterocycles. The van der Waals surface area contributed by atoms with Crippen LogP contribution >= 0.6 is 0 Å². The van der Waals surface area contributed by atoms with Gasteiger partial charge in [-0.25, -0.2) is 0 Å². The summed E-state index contributed by atoms with van der Waals surface area (Å²) in [6, 6.07) is 0. The van der Waals surface area contributed by atoms with E-state index < -0.39 is 11.4 Å². The number of carboxylic acids is 1. The van der Waals surface area contributed by atoms with Crippen molar-refractivity contribution in [2.75, 3.05) is 19.7 Å². The second kappa shape index (κ2) is 6.77. The van der Waals surface area contributed by atoms with Crippen LogP contribution < -0.4 is 0 Å². The van der Waals surface area contributed by atoms with E-state index in [1.807, 2.05) is 0 Å². The van der Waals surface area contributed by atoms with E-state index in [2.05, 4.69) is 13.8 Å². The molecule has 0 aromatic rings. The number of likely N-dealkylation sites (tertiary alicyclic amines) is 1. The van der Waals surface area contributed by atoms with Crippen molar-refractivity contribution in [3.05, 3.63) is 0 Å². The molecule has 5 nitrogen and oxygen atoms in total. The maximum Gasteiger partial charge on any atom is 0.310 e. The average Bonchev–Trinajstić information content (AvgIpc) is 2.81. The monoisotopic (exact) mass is 297 g/mol. The van der Waals surface area contributed by atoms with E-state index in [9.17, 15) is 14.7 Å². The Morgan fingerprint density at radius 2 is 2.10 bits per heavy atom. The van der Waals surface area contributed by atoms with Crippen LogP contribution in [0.2, 0.25) is 0 Å².